The standard InChI is InChI=1S/C19H28N4O2/c1-22(2)19(24)16-6-5-15(25-16)13-8-11-23(12-9-13)17-7-10-20-18(21-17)14-3-4-14/h7,10,13-16H,3-6,8-9,11-12H2,1-2H3/t15-,16+/m0/s1. The number of amides is 1. The molecule has 1 aliphatic carbocycles. The highest BCUT2D eigenvalue weighted by Crippen LogP contribution is 2.38. The molecule has 0 aromatic carbocycles. The summed E-state index contributed by atoms with van der Waals surface area (Å²) in [5, 5.41) is 0. The molecular weight excluding hydrogens is 316 g/mol. The number of anilines is 1. The van der Waals surface area contributed by atoms with E-state index in [1.807, 2.05) is 12.3 Å². The first kappa shape index (κ1) is 16.8. The van der Waals surface area contributed by atoms with E-state index in [1.54, 1.807) is 19.0 Å². The van der Waals surface area contributed by atoms with E-state index >= 15 is 0 Å². The zero-order valence-corrected chi connectivity index (χ0v) is 15.2. The van der Waals surface area contributed by atoms with E-state index in [2.05, 4.69) is 9.88 Å². The lowest BCUT2D eigenvalue weighted by Gasteiger charge is -2.35. The first-order valence-electron chi connectivity index (χ1n) is 9.56. The minimum absolute atomic E-state index is 0.105. The average molecular weight is 344 g/mol. The Morgan fingerprint density at radius 1 is 1.16 bits per heavy atom. The molecule has 0 bridgehead atoms. The molecule has 4 rings (SSSR count). The Morgan fingerprint density at radius 3 is 2.60 bits per heavy atom. The van der Waals surface area contributed by atoms with Crippen molar-refractivity contribution in [1.29, 1.82) is 0 Å². The van der Waals surface area contributed by atoms with Crippen molar-refractivity contribution < 1.29 is 9.53 Å². The lowest BCUT2D eigenvalue weighted by atomic mass is 9.90. The fourth-order valence-electron chi connectivity index (χ4n) is 4.06. The van der Waals surface area contributed by atoms with Gasteiger partial charge in [-0.15, -0.1) is 0 Å². The molecule has 6 nitrogen and oxygen atoms in total. The van der Waals surface area contributed by atoms with E-state index in [9.17, 15) is 4.79 Å². The van der Waals surface area contributed by atoms with Crippen molar-refractivity contribution in [2.75, 3.05) is 32.1 Å². The number of ether oxygens (including phenoxy) is 1. The number of carbonyl (C=O) groups excluding carboxylic acids is 1. The maximum absolute atomic E-state index is 12.1. The van der Waals surface area contributed by atoms with Crippen LogP contribution in [0.5, 0.6) is 0 Å². The summed E-state index contributed by atoms with van der Waals surface area (Å²) in [5.74, 6) is 3.34. The Kier molecular flexibility index (Phi) is 4.63. The van der Waals surface area contributed by atoms with Crippen LogP contribution in [0.25, 0.3) is 0 Å². The van der Waals surface area contributed by atoms with Crippen molar-refractivity contribution in [1.82, 2.24) is 14.9 Å². The van der Waals surface area contributed by atoms with Crippen LogP contribution in [-0.2, 0) is 9.53 Å². The number of aromatic nitrogens is 2. The molecule has 1 aromatic heterocycles. The van der Waals surface area contributed by atoms with Gasteiger partial charge in [0, 0.05) is 39.3 Å². The van der Waals surface area contributed by atoms with Gasteiger partial charge in [-0.1, -0.05) is 0 Å². The summed E-state index contributed by atoms with van der Waals surface area (Å²) >= 11 is 0. The number of carbonyl (C=O) groups is 1. The van der Waals surface area contributed by atoms with Crippen molar-refractivity contribution in [2.24, 2.45) is 5.92 Å². The highest BCUT2D eigenvalue weighted by atomic mass is 16.5. The highest BCUT2D eigenvalue weighted by Gasteiger charge is 2.37. The fourth-order valence-corrected chi connectivity index (χ4v) is 4.06. The van der Waals surface area contributed by atoms with Gasteiger partial charge < -0.3 is 14.5 Å². The molecule has 2 atom stereocenters. The van der Waals surface area contributed by atoms with Crippen LogP contribution in [0.3, 0.4) is 0 Å². The van der Waals surface area contributed by atoms with Crippen LogP contribution in [0.1, 0.15) is 50.3 Å². The molecule has 0 radical (unpaired) electrons. The van der Waals surface area contributed by atoms with Gasteiger partial charge in [-0.2, -0.15) is 0 Å². The van der Waals surface area contributed by atoms with Crippen LogP contribution < -0.4 is 4.90 Å². The molecule has 25 heavy (non-hydrogen) atoms. The van der Waals surface area contributed by atoms with Crippen molar-refractivity contribution in [3.05, 3.63) is 18.1 Å². The van der Waals surface area contributed by atoms with Gasteiger partial charge >= 0.3 is 0 Å². The predicted molar refractivity (Wildman–Crippen MR) is 95.5 cm³/mol. The van der Waals surface area contributed by atoms with Gasteiger partial charge in [0.25, 0.3) is 5.91 Å². The lowest BCUT2D eigenvalue weighted by molar-refractivity contribution is -0.141. The maximum Gasteiger partial charge on any atom is 0.251 e. The molecular formula is C19H28N4O2. The molecule has 0 N–H and O–H groups in total. The van der Waals surface area contributed by atoms with Gasteiger partial charge in [0.1, 0.15) is 17.7 Å². The average Bonchev–Trinajstić information content (AvgIpc) is 3.38. The summed E-state index contributed by atoms with van der Waals surface area (Å²) in [7, 11) is 3.60. The largest absolute Gasteiger partial charge is 0.365 e. The van der Waals surface area contributed by atoms with Gasteiger partial charge in [0.15, 0.2) is 0 Å². The Balaban J connectivity index is 1.31. The molecule has 6 heteroatoms. The van der Waals surface area contributed by atoms with E-state index in [0.29, 0.717) is 11.8 Å². The monoisotopic (exact) mass is 344 g/mol. The summed E-state index contributed by atoms with van der Waals surface area (Å²) in [6.07, 6.45) is 8.46. The van der Waals surface area contributed by atoms with E-state index in [4.69, 9.17) is 9.72 Å². The van der Waals surface area contributed by atoms with Gasteiger partial charge in [-0.3, -0.25) is 4.79 Å². The van der Waals surface area contributed by atoms with Gasteiger partial charge in [-0.05, 0) is 50.5 Å². The summed E-state index contributed by atoms with van der Waals surface area (Å²) in [5.41, 5.74) is 0. The summed E-state index contributed by atoms with van der Waals surface area (Å²) < 4.78 is 6.09. The number of rotatable bonds is 4. The highest BCUT2D eigenvalue weighted by molar-refractivity contribution is 5.80. The molecule has 2 aliphatic heterocycles. The molecule has 3 aliphatic rings. The smallest absolute Gasteiger partial charge is 0.251 e. The van der Waals surface area contributed by atoms with E-state index in [1.165, 1.54) is 12.8 Å². The second-order valence-corrected chi connectivity index (χ2v) is 7.84. The van der Waals surface area contributed by atoms with Crippen LogP contribution in [0, 0.1) is 5.92 Å². The summed E-state index contributed by atoms with van der Waals surface area (Å²) in [6, 6.07) is 2.03. The normalized spacial score (nSPS) is 27.5. The molecule has 136 valence electrons. The van der Waals surface area contributed by atoms with Crippen molar-refractivity contribution in [3.63, 3.8) is 0 Å². The minimum atomic E-state index is -0.235. The third-order valence-corrected chi connectivity index (χ3v) is 5.76. The third kappa shape index (κ3) is 3.64. The molecule has 0 unspecified atom stereocenters. The first-order valence-corrected chi connectivity index (χ1v) is 9.56. The molecule has 1 saturated carbocycles. The number of likely N-dealkylation sites (N-methyl/N-ethyl adjacent to an activating group) is 1. The second kappa shape index (κ2) is 6.90. The molecule has 1 amide bonds. The van der Waals surface area contributed by atoms with Gasteiger partial charge in [0.05, 0.1) is 6.10 Å². The van der Waals surface area contributed by atoms with Crippen molar-refractivity contribution >= 4 is 11.7 Å². The maximum atomic E-state index is 12.1. The van der Waals surface area contributed by atoms with Crippen molar-refractivity contribution in [2.45, 2.75) is 56.7 Å². The minimum Gasteiger partial charge on any atom is -0.365 e. The van der Waals surface area contributed by atoms with E-state index < -0.39 is 0 Å². The molecule has 0 spiro atoms. The van der Waals surface area contributed by atoms with Crippen LogP contribution >= 0.6 is 0 Å². The third-order valence-electron chi connectivity index (χ3n) is 5.76. The fraction of sp³-hybridized carbons (Fsp3) is 0.737. The first-order chi connectivity index (χ1) is 12.1. The summed E-state index contributed by atoms with van der Waals surface area (Å²) in [4.78, 5) is 25.3. The molecule has 2 saturated heterocycles. The Labute approximate surface area is 149 Å². The van der Waals surface area contributed by atoms with Crippen molar-refractivity contribution in [3.8, 4) is 0 Å². The van der Waals surface area contributed by atoms with Crippen LogP contribution in [0.4, 0.5) is 5.82 Å². The predicted octanol–water partition coefficient (Wildman–Crippen LogP) is 2.21. The Morgan fingerprint density at radius 2 is 1.92 bits per heavy atom. The van der Waals surface area contributed by atoms with E-state index in [-0.39, 0.29) is 18.1 Å². The van der Waals surface area contributed by atoms with Crippen LogP contribution in [0.2, 0.25) is 0 Å². The topological polar surface area (TPSA) is 58.6 Å². The SMILES string of the molecule is CN(C)C(=O)[C@H]1CC[C@@H](C2CCN(c3ccnc(C4CC4)n3)CC2)O1. The zero-order valence-electron chi connectivity index (χ0n) is 15.2. The number of hydrogen-bond donors (Lipinski definition) is 0. The van der Waals surface area contributed by atoms with E-state index in [0.717, 1.165) is 50.4 Å². The second-order valence-electron chi connectivity index (χ2n) is 7.84. The molecule has 1 aromatic rings. The summed E-state index contributed by atoms with van der Waals surface area (Å²) in [6.45, 7) is 2.02. The van der Waals surface area contributed by atoms with Crippen LogP contribution in [-0.4, -0.2) is 60.2 Å². The number of nitrogens with zero attached hydrogens (tertiary/aromatic N) is 4. The number of hydrogen-bond acceptors (Lipinski definition) is 5. The zero-order chi connectivity index (χ0) is 17.4. The Bertz CT molecular complexity index is 624. The Hall–Kier alpha value is -1.69. The molecule has 3 fully saturated rings. The van der Waals surface area contributed by atoms with Crippen LogP contribution in [0.15, 0.2) is 12.3 Å². The lowest BCUT2D eigenvalue weighted by Crippen LogP contribution is -2.39. The van der Waals surface area contributed by atoms with Gasteiger partial charge in [0.2, 0.25) is 0 Å². The number of piperidine rings is 1. The molecule has 3 heterocycles. The van der Waals surface area contributed by atoms with Gasteiger partial charge in [-0.25, -0.2) is 9.97 Å². The quantitative estimate of drug-likeness (QED) is 0.838.